The topological polar surface area (TPSA) is 38.7 Å². The molecule has 0 aliphatic carbocycles. The minimum Gasteiger partial charge on any atom is -0.390 e. The number of hydrogen-bond acceptors (Lipinski definition) is 3. The van der Waals surface area contributed by atoms with E-state index in [-0.39, 0.29) is 6.10 Å². The van der Waals surface area contributed by atoms with E-state index >= 15 is 0 Å². The van der Waals surface area contributed by atoms with Gasteiger partial charge in [-0.1, -0.05) is 0 Å². The summed E-state index contributed by atoms with van der Waals surface area (Å²) in [5, 5.41) is 10.0. The van der Waals surface area contributed by atoms with Crippen LogP contribution in [0.3, 0.4) is 0 Å². The Balaban J connectivity index is 2.49. The Kier molecular flexibility index (Phi) is 3.71. The maximum atomic E-state index is 10.0. The molecule has 1 atom stereocenters. The van der Waals surface area contributed by atoms with Crippen molar-refractivity contribution in [2.24, 2.45) is 5.92 Å². The fourth-order valence-electron chi connectivity index (χ4n) is 1.72. The summed E-state index contributed by atoms with van der Waals surface area (Å²) in [4.78, 5) is 0. The first-order chi connectivity index (χ1) is 6.08. The average Bonchev–Trinajstić information content (AvgIpc) is 2.18. The number of aliphatic hydroxyl groups excluding tert-OH is 1. The summed E-state index contributed by atoms with van der Waals surface area (Å²) < 4.78 is 10.5. The number of aliphatic hydroxyl groups is 1. The van der Waals surface area contributed by atoms with Gasteiger partial charge in [-0.2, -0.15) is 0 Å². The second-order valence-electron chi connectivity index (χ2n) is 4.20. The smallest absolute Gasteiger partial charge is 0.0883 e. The molecule has 1 N–H and O–H groups in total. The van der Waals surface area contributed by atoms with Crippen LogP contribution in [0.5, 0.6) is 0 Å². The number of ether oxygens (including phenoxy) is 2. The van der Waals surface area contributed by atoms with Crippen molar-refractivity contribution in [3.63, 3.8) is 0 Å². The lowest BCUT2D eigenvalue weighted by atomic mass is 9.85. The maximum absolute atomic E-state index is 10.0. The van der Waals surface area contributed by atoms with Gasteiger partial charge in [0.05, 0.1) is 11.7 Å². The Labute approximate surface area is 80.0 Å². The van der Waals surface area contributed by atoms with E-state index in [1.54, 1.807) is 7.11 Å². The monoisotopic (exact) mass is 188 g/mol. The van der Waals surface area contributed by atoms with E-state index < -0.39 is 5.60 Å². The molecule has 0 bridgehead atoms. The summed E-state index contributed by atoms with van der Waals surface area (Å²) >= 11 is 0. The van der Waals surface area contributed by atoms with Crippen LogP contribution in [-0.2, 0) is 9.47 Å². The van der Waals surface area contributed by atoms with Crippen molar-refractivity contribution in [3.05, 3.63) is 0 Å². The van der Waals surface area contributed by atoms with Crippen molar-refractivity contribution in [1.29, 1.82) is 0 Å². The summed E-state index contributed by atoms with van der Waals surface area (Å²) in [6.07, 6.45) is 1.49. The zero-order valence-electron chi connectivity index (χ0n) is 8.75. The maximum Gasteiger partial charge on any atom is 0.0883 e. The predicted octanol–water partition coefficient (Wildman–Crippen LogP) is 1.20. The van der Waals surface area contributed by atoms with Crippen molar-refractivity contribution in [1.82, 2.24) is 0 Å². The molecule has 0 saturated carbocycles. The Hall–Kier alpha value is -0.120. The fourth-order valence-corrected chi connectivity index (χ4v) is 1.72. The quantitative estimate of drug-likeness (QED) is 0.723. The Morgan fingerprint density at radius 3 is 2.38 bits per heavy atom. The van der Waals surface area contributed by atoms with E-state index in [1.165, 1.54) is 0 Å². The molecule has 1 aliphatic heterocycles. The molecule has 0 spiro atoms. The van der Waals surface area contributed by atoms with E-state index in [2.05, 4.69) is 0 Å². The molecule has 1 rings (SSSR count). The zero-order chi connectivity index (χ0) is 9.90. The first-order valence-electron chi connectivity index (χ1n) is 4.89. The van der Waals surface area contributed by atoms with Crippen molar-refractivity contribution in [2.45, 2.75) is 38.4 Å². The highest BCUT2D eigenvalue weighted by atomic mass is 16.5. The van der Waals surface area contributed by atoms with Gasteiger partial charge in [-0.3, -0.25) is 0 Å². The third kappa shape index (κ3) is 2.66. The molecule has 3 heteroatoms. The lowest BCUT2D eigenvalue weighted by Crippen LogP contribution is -2.44. The highest BCUT2D eigenvalue weighted by Gasteiger charge is 2.34. The van der Waals surface area contributed by atoms with E-state index in [0.29, 0.717) is 5.92 Å². The van der Waals surface area contributed by atoms with Gasteiger partial charge >= 0.3 is 0 Å². The summed E-state index contributed by atoms with van der Waals surface area (Å²) in [7, 11) is 1.64. The van der Waals surface area contributed by atoms with Gasteiger partial charge in [0.25, 0.3) is 0 Å². The molecular weight excluding hydrogens is 168 g/mol. The summed E-state index contributed by atoms with van der Waals surface area (Å²) in [6, 6.07) is 0. The molecule has 1 heterocycles. The van der Waals surface area contributed by atoms with Crippen LogP contribution < -0.4 is 0 Å². The van der Waals surface area contributed by atoms with Gasteiger partial charge in [0.1, 0.15) is 0 Å². The molecule has 78 valence electrons. The lowest BCUT2D eigenvalue weighted by Gasteiger charge is -2.36. The van der Waals surface area contributed by atoms with Gasteiger partial charge in [0.2, 0.25) is 0 Å². The SMILES string of the molecule is COC(C)(C)C(O)C1CCOCC1. The van der Waals surface area contributed by atoms with Crippen molar-refractivity contribution in [2.75, 3.05) is 20.3 Å². The van der Waals surface area contributed by atoms with Crippen LogP contribution in [0, 0.1) is 5.92 Å². The molecule has 1 aliphatic rings. The molecule has 3 nitrogen and oxygen atoms in total. The molecule has 1 saturated heterocycles. The zero-order valence-corrected chi connectivity index (χ0v) is 8.75. The summed E-state index contributed by atoms with van der Waals surface area (Å²) in [6.45, 7) is 5.38. The van der Waals surface area contributed by atoms with Gasteiger partial charge < -0.3 is 14.6 Å². The largest absolute Gasteiger partial charge is 0.390 e. The van der Waals surface area contributed by atoms with Crippen LogP contribution in [-0.4, -0.2) is 37.1 Å². The molecule has 0 aromatic carbocycles. The van der Waals surface area contributed by atoms with E-state index in [9.17, 15) is 5.11 Å². The van der Waals surface area contributed by atoms with E-state index in [0.717, 1.165) is 26.1 Å². The standard InChI is InChI=1S/C10H20O3/c1-10(2,12-3)9(11)8-4-6-13-7-5-8/h8-9,11H,4-7H2,1-3H3. The van der Waals surface area contributed by atoms with Crippen molar-refractivity contribution < 1.29 is 14.6 Å². The number of methoxy groups -OCH3 is 1. The Morgan fingerprint density at radius 1 is 1.38 bits per heavy atom. The minimum absolute atomic E-state index is 0.323. The predicted molar refractivity (Wildman–Crippen MR) is 50.6 cm³/mol. The Bertz CT molecular complexity index is 150. The van der Waals surface area contributed by atoms with E-state index in [1.807, 2.05) is 13.8 Å². The van der Waals surface area contributed by atoms with Gasteiger partial charge in [-0.25, -0.2) is 0 Å². The average molecular weight is 188 g/mol. The van der Waals surface area contributed by atoms with Crippen LogP contribution in [0.4, 0.5) is 0 Å². The van der Waals surface area contributed by atoms with Gasteiger partial charge in [0, 0.05) is 20.3 Å². The molecule has 1 unspecified atom stereocenters. The van der Waals surface area contributed by atoms with Gasteiger partial charge in [-0.05, 0) is 32.6 Å². The normalized spacial score (nSPS) is 23.1. The van der Waals surface area contributed by atoms with E-state index in [4.69, 9.17) is 9.47 Å². The molecule has 0 radical (unpaired) electrons. The molecule has 13 heavy (non-hydrogen) atoms. The van der Waals surface area contributed by atoms with Crippen LogP contribution in [0.15, 0.2) is 0 Å². The number of rotatable bonds is 3. The second kappa shape index (κ2) is 4.40. The second-order valence-corrected chi connectivity index (χ2v) is 4.20. The highest BCUT2D eigenvalue weighted by Crippen LogP contribution is 2.27. The van der Waals surface area contributed by atoms with Crippen LogP contribution in [0.2, 0.25) is 0 Å². The first-order valence-corrected chi connectivity index (χ1v) is 4.89. The summed E-state index contributed by atoms with van der Waals surface area (Å²) in [5.74, 6) is 0.323. The Morgan fingerprint density at radius 2 is 1.92 bits per heavy atom. The fraction of sp³-hybridized carbons (Fsp3) is 1.00. The third-order valence-electron chi connectivity index (χ3n) is 2.95. The highest BCUT2D eigenvalue weighted by molar-refractivity contribution is 4.85. The third-order valence-corrected chi connectivity index (χ3v) is 2.95. The molecule has 0 aromatic heterocycles. The van der Waals surface area contributed by atoms with Gasteiger partial charge in [0.15, 0.2) is 0 Å². The molecule has 1 fully saturated rings. The van der Waals surface area contributed by atoms with Crippen LogP contribution in [0.1, 0.15) is 26.7 Å². The molecule has 0 aromatic rings. The van der Waals surface area contributed by atoms with Crippen LogP contribution in [0.25, 0.3) is 0 Å². The van der Waals surface area contributed by atoms with Crippen molar-refractivity contribution >= 4 is 0 Å². The molecular formula is C10H20O3. The molecule has 0 amide bonds. The van der Waals surface area contributed by atoms with Crippen molar-refractivity contribution in [3.8, 4) is 0 Å². The summed E-state index contributed by atoms with van der Waals surface area (Å²) in [5.41, 5.74) is -0.442. The van der Waals surface area contributed by atoms with Gasteiger partial charge in [-0.15, -0.1) is 0 Å². The first kappa shape index (κ1) is 11.0. The lowest BCUT2D eigenvalue weighted by molar-refractivity contribution is -0.117. The van der Waals surface area contributed by atoms with Crippen LogP contribution >= 0.6 is 0 Å². The minimum atomic E-state index is -0.442. The number of hydrogen-bond donors (Lipinski definition) is 1.